The van der Waals surface area contributed by atoms with Gasteiger partial charge < -0.3 is 0 Å². The summed E-state index contributed by atoms with van der Waals surface area (Å²) in [4.78, 5) is 0. The molecule has 0 fully saturated rings. The Balaban J connectivity index is 3.05. The fraction of sp³-hybridized carbons (Fsp3) is 0. The summed E-state index contributed by atoms with van der Waals surface area (Å²) in [6.07, 6.45) is 6.66. The van der Waals surface area contributed by atoms with Crippen molar-refractivity contribution < 1.29 is 0 Å². The Hall–Kier alpha value is -1.22. The van der Waals surface area contributed by atoms with Crippen LogP contribution in [0.15, 0.2) is 24.3 Å². The Morgan fingerprint density at radius 3 is 2.75 bits per heavy atom. The molecule has 0 saturated carbocycles. The van der Waals surface area contributed by atoms with Crippen LogP contribution in [0.2, 0.25) is 0 Å². The molecule has 0 heterocycles. The molecule has 0 atom stereocenters. The zero-order chi connectivity index (χ0) is 5.82. The van der Waals surface area contributed by atoms with E-state index < -0.39 is 0 Å². The number of benzene rings is 1. The van der Waals surface area contributed by atoms with Crippen molar-refractivity contribution in [3.05, 3.63) is 42.3 Å². The van der Waals surface area contributed by atoms with Gasteiger partial charge in [0.15, 0.2) is 0 Å². The SMILES string of the molecule is [C]#Cc1[c]cccc1. The van der Waals surface area contributed by atoms with Crippen molar-refractivity contribution in [3.63, 3.8) is 0 Å². The summed E-state index contributed by atoms with van der Waals surface area (Å²) in [5.74, 6) is 2.22. The van der Waals surface area contributed by atoms with Crippen LogP contribution in [0.5, 0.6) is 0 Å². The van der Waals surface area contributed by atoms with Crippen molar-refractivity contribution in [3.8, 4) is 5.92 Å². The standard InChI is InChI=1S/C8H4/c1-2-8-6-4-3-5-7-8/h3-6H. The van der Waals surface area contributed by atoms with Crippen LogP contribution in [0.4, 0.5) is 0 Å². The minimum Gasteiger partial charge on any atom is -0.0616 e. The molecule has 0 unspecified atom stereocenters. The average Bonchev–Trinajstić information content (AvgIpc) is 1.90. The first-order valence-electron chi connectivity index (χ1n) is 2.33. The predicted molar refractivity (Wildman–Crippen MR) is 31.5 cm³/mol. The van der Waals surface area contributed by atoms with Gasteiger partial charge in [-0.3, -0.25) is 0 Å². The topological polar surface area (TPSA) is 0 Å². The lowest BCUT2D eigenvalue weighted by molar-refractivity contribution is 1.63. The van der Waals surface area contributed by atoms with E-state index in [-0.39, 0.29) is 0 Å². The second kappa shape index (κ2) is 2.18. The van der Waals surface area contributed by atoms with Crippen LogP contribution in [0, 0.1) is 18.4 Å². The Kier molecular flexibility index (Phi) is 1.34. The maximum Gasteiger partial charge on any atom is 0.0334 e. The van der Waals surface area contributed by atoms with E-state index in [0.717, 1.165) is 0 Å². The van der Waals surface area contributed by atoms with Crippen molar-refractivity contribution in [2.24, 2.45) is 0 Å². The largest absolute Gasteiger partial charge is 0.0616 e. The van der Waals surface area contributed by atoms with Gasteiger partial charge in [0, 0.05) is 5.56 Å². The van der Waals surface area contributed by atoms with Crippen molar-refractivity contribution in [1.29, 1.82) is 0 Å². The lowest BCUT2D eigenvalue weighted by atomic mass is 10.2. The molecule has 2 radical (unpaired) electrons. The van der Waals surface area contributed by atoms with E-state index in [2.05, 4.69) is 12.0 Å². The summed E-state index contributed by atoms with van der Waals surface area (Å²) in [5, 5.41) is 0. The summed E-state index contributed by atoms with van der Waals surface area (Å²) >= 11 is 0. The molecule has 0 aromatic heterocycles. The molecule has 0 N–H and O–H groups in total. The van der Waals surface area contributed by atoms with Crippen LogP contribution < -0.4 is 0 Å². The van der Waals surface area contributed by atoms with E-state index in [1.165, 1.54) is 0 Å². The first-order valence-corrected chi connectivity index (χ1v) is 2.33. The van der Waals surface area contributed by atoms with E-state index in [1.54, 1.807) is 12.1 Å². The summed E-state index contributed by atoms with van der Waals surface area (Å²) in [5.41, 5.74) is 0.701. The Morgan fingerprint density at radius 2 is 2.38 bits per heavy atom. The third kappa shape index (κ3) is 0.886. The normalized spacial score (nSPS) is 7.88. The van der Waals surface area contributed by atoms with E-state index >= 15 is 0 Å². The highest BCUT2D eigenvalue weighted by Crippen LogP contribution is 1.91. The molecule has 0 aliphatic carbocycles. The smallest absolute Gasteiger partial charge is 0.0334 e. The molecule has 1 aromatic rings. The number of hydrogen-bond acceptors (Lipinski definition) is 0. The summed E-state index contributed by atoms with van der Waals surface area (Å²) in [6.45, 7) is 0. The summed E-state index contributed by atoms with van der Waals surface area (Å²) in [7, 11) is 0. The van der Waals surface area contributed by atoms with Gasteiger partial charge in [-0.1, -0.05) is 24.1 Å². The maximum absolute atomic E-state index is 6.66. The van der Waals surface area contributed by atoms with Gasteiger partial charge in [0.25, 0.3) is 0 Å². The molecule has 1 aromatic carbocycles. The van der Waals surface area contributed by atoms with Crippen molar-refractivity contribution >= 4 is 0 Å². The molecule has 36 valence electrons. The van der Waals surface area contributed by atoms with Gasteiger partial charge in [0.05, 0.1) is 0 Å². The Labute approximate surface area is 49.2 Å². The summed E-state index contributed by atoms with van der Waals surface area (Å²) < 4.78 is 0. The minimum atomic E-state index is 0.701. The number of rotatable bonds is 0. The van der Waals surface area contributed by atoms with Gasteiger partial charge in [0.2, 0.25) is 0 Å². The molecular formula is C8H4. The van der Waals surface area contributed by atoms with E-state index in [1.807, 2.05) is 12.1 Å². The Bertz CT molecular complexity index is 191. The maximum atomic E-state index is 6.66. The fourth-order valence-electron chi connectivity index (χ4n) is 0.471. The molecule has 0 bridgehead atoms. The zero-order valence-electron chi connectivity index (χ0n) is 4.31. The predicted octanol–water partition coefficient (Wildman–Crippen LogP) is 1.42. The van der Waals surface area contributed by atoms with Gasteiger partial charge in [-0.15, -0.1) is 0 Å². The van der Waals surface area contributed by atoms with Gasteiger partial charge >= 0.3 is 0 Å². The minimum absolute atomic E-state index is 0.701. The van der Waals surface area contributed by atoms with Crippen LogP contribution in [0.3, 0.4) is 0 Å². The molecule has 0 aliphatic rings. The lowest BCUT2D eigenvalue weighted by Crippen LogP contribution is -1.67. The molecule has 1 rings (SSSR count). The third-order valence-electron chi connectivity index (χ3n) is 0.844. The first-order chi connectivity index (χ1) is 3.93. The van der Waals surface area contributed by atoms with E-state index in [0.29, 0.717) is 5.56 Å². The molecule has 0 nitrogen and oxygen atoms in total. The van der Waals surface area contributed by atoms with Crippen molar-refractivity contribution in [1.82, 2.24) is 0 Å². The lowest BCUT2D eigenvalue weighted by Gasteiger charge is -1.81. The van der Waals surface area contributed by atoms with Gasteiger partial charge in [0.1, 0.15) is 0 Å². The van der Waals surface area contributed by atoms with Crippen molar-refractivity contribution in [2.75, 3.05) is 0 Å². The van der Waals surface area contributed by atoms with Crippen LogP contribution in [-0.2, 0) is 0 Å². The second-order valence-electron chi connectivity index (χ2n) is 1.40. The number of hydrogen-bond donors (Lipinski definition) is 0. The van der Waals surface area contributed by atoms with Crippen LogP contribution in [0.25, 0.3) is 0 Å². The van der Waals surface area contributed by atoms with Gasteiger partial charge in [-0.2, -0.15) is 0 Å². The monoisotopic (exact) mass is 100 g/mol. The average molecular weight is 100 g/mol. The highest BCUT2D eigenvalue weighted by atomic mass is 13.8. The first kappa shape index (κ1) is 4.93. The van der Waals surface area contributed by atoms with Crippen LogP contribution >= 0.6 is 0 Å². The fourth-order valence-corrected chi connectivity index (χ4v) is 0.471. The van der Waals surface area contributed by atoms with Crippen LogP contribution in [-0.4, -0.2) is 0 Å². The van der Waals surface area contributed by atoms with Crippen LogP contribution in [0.1, 0.15) is 5.56 Å². The third-order valence-corrected chi connectivity index (χ3v) is 0.844. The molecule has 0 saturated heterocycles. The zero-order valence-corrected chi connectivity index (χ0v) is 4.31. The second-order valence-corrected chi connectivity index (χ2v) is 1.40. The summed E-state index contributed by atoms with van der Waals surface area (Å²) in [6, 6.07) is 10.1. The molecule has 0 spiro atoms. The Morgan fingerprint density at radius 1 is 1.50 bits per heavy atom. The van der Waals surface area contributed by atoms with Crippen molar-refractivity contribution in [2.45, 2.75) is 0 Å². The van der Waals surface area contributed by atoms with Gasteiger partial charge in [-0.05, 0) is 18.6 Å². The highest BCUT2D eigenvalue weighted by molar-refractivity contribution is 5.27. The highest BCUT2D eigenvalue weighted by Gasteiger charge is 1.77. The van der Waals surface area contributed by atoms with E-state index in [9.17, 15) is 0 Å². The molecule has 0 amide bonds. The molecule has 0 aliphatic heterocycles. The quantitative estimate of drug-likeness (QED) is 0.432. The molecule has 8 heavy (non-hydrogen) atoms. The molecule has 0 heteroatoms. The van der Waals surface area contributed by atoms with E-state index in [4.69, 9.17) is 6.42 Å². The molecular weight excluding hydrogens is 96.1 g/mol. The van der Waals surface area contributed by atoms with Gasteiger partial charge in [-0.25, -0.2) is 0 Å².